The zero-order valence-electron chi connectivity index (χ0n) is 8.95. The van der Waals surface area contributed by atoms with Gasteiger partial charge >= 0.3 is 0 Å². The minimum atomic E-state index is -3.58. The second-order valence-corrected chi connectivity index (χ2v) is 7.39. The highest BCUT2D eigenvalue weighted by Crippen LogP contribution is 2.33. The first kappa shape index (κ1) is 15.2. The normalized spacial score (nSPS) is 11.9. The van der Waals surface area contributed by atoms with Crippen LogP contribution in [0.2, 0.25) is 8.67 Å². The second kappa shape index (κ2) is 6.92. The largest absolute Gasteiger partial charge is 0.396 e. The summed E-state index contributed by atoms with van der Waals surface area (Å²) in [6.45, 7) is 0.449. The molecule has 8 heteroatoms. The minimum absolute atomic E-state index is 0.0244. The Balaban J connectivity index is 2.54. The number of aliphatic hydroxyl groups excluding tert-OH is 1. The topological polar surface area (TPSA) is 66.4 Å². The van der Waals surface area contributed by atoms with E-state index in [1.165, 1.54) is 6.07 Å². The van der Waals surface area contributed by atoms with Crippen LogP contribution >= 0.6 is 34.5 Å². The highest BCUT2D eigenvalue weighted by atomic mass is 35.5. The molecule has 1 aromatic rings. The van der Waals surface area contributed by atoms with E-state index in [0.717, 1.165) is 17.8 Å². The van der Waals surface area contributed by atoms with Crippen molar-refractivity contribution in [3.8, 4) is 0 Å². The number of hydrogen-bond acceptors (Lipinski definition) is 4. The Bertz CT molecular complexity index is 459. The summed E-state index contributed by atoms with van der Waals surface area (Å²) in [5.74, 6) is 0. The number of halogens is 2. The molecule has 1 heterocycles. The van der Waals surface area contributed by atoms with Gasteiger partial charge in [-0.2, -0.15) is 0 Å². The molecule has 17 heavy (non-hydrogen) atoms. The average Bonchev–Trinajstić information content (AvgIpc) is 2.58. The second-order valence-electron chi connectivity index (χ2n) is 3.37. The molecule has 1 aromatic heterocycles. The smallest absolute Gasteiger partial charge is 0.242 e. The van der Waals surface area contributed by atoms with Crippen molar-refractivity contribution in [1.82, 2.24) is 4.72 Å². The lowest BCUT2D eigenvalue weighted by molar-refractivity contribution is 0.283. The lowest BCUT2D eigenvalue weighted by Crippen LogP contribution is -2.24. The van der Waals surface area contributed by atoms with Gasteiger partial charge < -0.3 is 5.11 Å². The molecule has 0 fully saturated rings. The van der Waals surface area contributed by atoms with E-state index in [1.807, 2.05) is 0 Å². The van der Waals surface area contributed by atoms with Crippen LogP contribution in [-0.2, 0) is 10.0 Å². The first-order chi connectivity index (χ1) is 7.97. The molecule has 0 unspecified atom stereocenters. The van der Waals surface area contributed by atoms with Gasteiger partial charge in [-0.05, 0) is 25.3 Å². The van der Waals surface area contributed by atoms with Gasteiger partial charge in [-0.15, -0.1) is 11.3 Å². The molecule has 0 spiro atoms. The van der Waals surface area contributed by atoms with Crippen LogP contribution in [-0.4, -0.2) is 26.7 Å². The van der Waals surface area contributed by atoms with Crippen LogP contribution in [0.1, 0.15) is 19.3 Å². The summed E-state index contributed by atoms with van der Waals surface area (Å²) in [5, 5.41) is 8.57. The predicted octanol–water partition coefficient (Wildman–Crippen LogP) is 2.50. The van der Waals surface area contributed by atoms with E-state index in [2.05, 4.69) is 4.72 Å². The van der Waals surface area contributed by atoms with Gasteiger partial charge in [0.15, 0.2) is 0 Å². The average molecular weight is 318 g/mol. The standard InChI is InChI=1S/C9H13Cl2NO3S2/c10-8-6-7(9(11)16-8)17(14,15)12-4-2-1-3-5-13/h6,12-13H,1-5H2. The van der Waals surface area contributed by atoms with Crippen LogP contribution in [0.25, 0.3) is 0 Å². The number of hydrogen-bond donors (Lipinski definition) is 2. The Morgan fingerprint density at radius 2 is 2.00 bits per heavy atom. The molecule has 2 N–H and O–H groups in total. The summed E-state index contributed by atoms with van der Waals surface area (Å²) < 4.78 is 26.6. The summed E-state index contributed by atoms with van der Waals surface area (Å²) in [7, 11) is -3.58. The molecule has 0 bridgehead atoms. The SMILES string of the molecule is O=S(=O)(NCCCCCO)c1cc(Cl)sc1Cl. The molecule has 0 saturated heterocycles. The van der Waals surface area contributed by atoms with Gasteiger partial charge in [-0.25, -0.2) is 13.1 Å². The van der Waals surface area contributed by atoms with Crippen molar-refractivity contribution in [3.05, 3.63) is 14.7 Å². The van der Waals surface area contributed by atoms with Gasteiger partial charge in [0, 0.05) is 13.2 Å². The van der Waals surface area contributed by atoms with Crippen molar-refractivity contribution in [2.24, 2.45) is 0 Å². The van der Waals surface area contributed by atoms with Gasteiger partial charge in [0.2, 0.25) is 10.0 Å². The Morgan fingerprint density at radius 3 is 2.53 bits per heavy atom. The summed E-state index contributed by atoms with van der Waals surface area (Å²) in [4.78, 5) is 0.0244. The number of thiophene rings is 1. The number of nitrogens with one attached hydrogen (secondary N) is 1. The molecule has 0 radical (unpaired) electrons. The maximum absolute atomic E-state index is 11.8. The third kappa shape index (κ3) is 4.73. The van der Waals surface area contributed by atoms with Gasteiger partial charge in [-0.3, -0.25) is 0 Å². The molecule has 0 amide bonds. The Labute approximate surface area is 115 Å². The lowest BCUT2D eigenvalue weighted by Gasteiger charge is -2.04. The van der Waals surface area contributed by atoms with E-state index in [9.17, 15) is 8.42 Å². The summed E-state index contributed by atoms with van der Waals surface area (Å²) >= 11 is 12.5. The Morgan fingerprint density at radius 1 is 1.29 bits per heavy atom. The summed E-state index contributed by atoms with van der Waals surface area (Å²) in [5.41, 5.74) is 0. The van der Waals surface area contributed by atoms with E-state index in [4.69, 9.17) is 28.3 Å². The van der Waals surface area contributed by atoms with Crippen molar-refractivity contribution >= 4 is 44.6 Å². The van der Waals surface area contributed by atoms with E-state index in [1.54, 1.807) is 0 Å². The van der Waals surface area contributed by atoms with Crippen LogP contribution in [0.4, 0.5) is 0 Å². The maximum atomic E-state index is 11.8. The van der Waals surface area contributed by atoms with Crippen LogP contribution in [0.15, 0.2) is 11.0 Å². The highest BCUT2D eigenvalue weighted by Gasteiger charge is 2.20. The summed E-state index contributed by atoms with van der Waals surface area (Å²) in [6.07, 6.45) is 2.12. The predicted molar refractivity (Wildman–Crippen MR) is 70.5 cm³/mol. The molecule has 98 valence electrons. The molecule has 0 aliphatic heterocycles. The van der Waals surface area contributed by atoms with Crippen molar-refractivity contribution in [1.29, 1.82) is 0 Å². The molecule has 0 aliphatic rings. The van der Waals surface area contributed by atoms with Crippen LogP contribution in [0.3, 0.4) is 0 Å². The van der Waals surface area contributed by atoms with Gasteiger partial charge in [0.1, 0.15) is 9.23 Å². The van der Waals surface area contributed by atoms with Crippen molar-refractivity contribution in [2.75, 3.05) is 13.2 Å². The van der Waals surface area contributed by atoms with E-state index in [0.29, 0.717) is 23.7 Å². The molecule has 0 aliphatic carbocycles. The third-order valence-corrected chi connectivity index (χ3v) is 5.26. The molecule has 4 nitrogen and oxygen atoms in total. The van der Waals surface area contributed by atoms with Crippen molar-refractivity contribution < 1.29 is 13.5 Å². The fourth-order valence-corrected chi connectivity index (χ4v) is 4.43. The minimum Gasteiger partial charge on any atom is -0.396 e. The monoisotopic (exact) mass is 317 g/mol. The van der Waals surface area contributed by atoms with E-state index in [-0.39, 0.29) is 15.8 Å². The zero-order valence-corrected chi connectivity index (χ0v) is 12.1. The number of aliphatic hydroxyl groups is 1. The van der Waals surface area contributed by atoms with Crippen molar-refractivity contribution in [2.45, 2.75) is 24.2 Å². The number of unbranched alkanes of at least 4 members (excludes halogenated alkanes) is 2. The Hall–Kier alpha value is 0.150. The van der Waals surface area contributed by atoms with Crippen molar-refractivity contribution in [3.63, 3.8) is 0 Å². The first-order valence-corrected chi connectivity index (χ1v) is 8.08. The molecule has 0 saturated carbocycles. The molecular formula is C9H13Cl2NO3S2. The Kier molecular flexibility index (Phi) is 6.19. The van der Waals surface area contributed by atoms with Crippen LogP contribution in [0.5, 0.6) is 0 Å². The van der Waals surface area contributed by atoms with Gasteiger partial charge in [0.05, 0.1) is 4.34 Å². The quantitative estimate of drug-likeness (QED) is 0.759. The fraction of sp³-hybridized carbons (Fsp3) is 0.556. The molecule has 0 aromatic carbocycles. The molecule has 1 rings (SSSR count). The lowest BCUT2D eigenvalue weighted by atomic mass is 10.2. The molecular weight excluding hydrogens is 305 g/mol. The molecule has 0 atom stereocenters. The number of sulfonamides is 1. The number of rotatable bonds is 7. The van der Waals surface area contributed by atoms with Crippen LogP contribution in [0, 0.1) is 0 Å². The fourth-order valence-electron chi connectivity index (χ4n) is 1.21. The highest BCUT2D eigenvalue weighted by molar-refractivity contribution is 7.89. The maximum Gasteiger partial charge on any atom is 0.242 e. The van der Waals surface area contributed by atoms with E-state index >= 15 is 0 Å². The van der Waals surface area contributed by atoms with Gasteiger partial charge in [0.25, 0.3) is 0 Å². The van der Waals surface area contributed by atoms with Gasteiger partial charge in [-0.1, -0.05) is 23.2 Å². The first-order valence-electron chi connectivity index (χ1n) is 5.02. The summed E-state index contributed by atoms with van der Waals surface area (Å²) in [6, 6.07) is 1.34. The van der Waals surface area contributed by atoms with Crippen LogP contribution < -0.4 is 4.72 Å². The zero-order chi connectivity index (χ0) is 12.9. The van der Waals surface area contributed by atoms with E-state index < -0.39 is 10.0 Å². The third-order valence-electron chi connectivity index (χ3n) is 2.04.